The number of nitrogens with one attached hydrogen (secondary N) is 1. The van der Waals surface area contributed by atoms with Crippen molar-refractivity contribution in [3.05, 3.63) is 0 Å². The van der Waals surface area contributed by atoms with Crippen LogP contribution in [0.1, 0.15) is 68.2 Å². The molecule has 3 heteroatoms. The summed E-state index contributed by atoms with van der Waals surface area (Å²) in [6.45, 7) is 17.3. The third-order valence-corrected chi connectivity index (χ3v) is 3.25. The zero-order chi connectivity index (χ0) is 15.3. The van der Waals surface area contributed by atoms with E-state index in [-0.39, 0.29) is 22.8 Å². The zero-order valence-corrected chi connectivity index (χ0v) is 14.1. The molecule has 3 nitrogen and oxygen atoms in total. The molecule has 1 N–H and O–H groups in total. The van der Waals surface area contributed by atoms with E-state index in [4.69, 9.17) is 4.74 Å². The summed E-state index contributed by atoms with van der Waals surface area (Å²) in [4.78, 5) is 11.5. The summed E-state index contributed by atoms with van der Waals surface area (Å²) in [5.74, 6) is -0.164. The predicted octanol–water partition coefficient (Wildman–Crippen LogP) is 3.77. The van der Waals surface area contributed by atoms with Gasteiger partial charge >= 0.3 is 5.97 Å². The fraction of sp³-hybridized carbons (Fsp3) is 0.938. The maximum Gasteiger partial charge on any atom is 0.308 e. The molecule has 114 valence electrons. The molecule has 0 aromatic heterocycles. The Kier molecular flexibility index (Phi) is 7.06. The molecule has 0 aliphatic carbocycles. The Morgan fingerprint density at radius 1 is 1.16 bits per heavy atom. The molecule has 0 aromatic rings. The first kappa shape index (κ1) is 18.4. The summed E-state index contributed by atoms with van der Waals surface area (Å²) < 4.78 is 5.38. The Hall–Kier alpha value is -0.570. The molecule has 19 heavy (non-hydrogen) atoms. The number of hydrogen-bond donors (Lipinski definition) is 1. The lowest BCUT2D eigenvalue weighted by atomic mass is 9.80. The molecular formula is C16H33NO2. The van der Waals surface area contributed by atoms with Gasteiger partial charge in [-0.2, -0.15) is 0 Å². The van der Waals surface area contributed by atoms with E-state index in [0.717, 1.165) is 12.8 Å². The minimum Gasteiger partial charge on any atom is -0.465 e. The normalized spacial score (nSPS) is 14.6. The van der Waals surface area contributed by atoms with Gasteiger partial charge in [-0.3, -0.25) is 4.79 Å². The van der Waals surface area contributed by atoms with Crippen molar-refractivity contribution in [2.24, 2.45) is 11.3 Å². The summed E-state index contributed by atoms with van der Waals surface area (Å²) in [5, 5.41) is 3.63. The van der Waals surface area contributed by atoms with Crippen molar-refractivity contribution < 1.29 is 9.53 Å². The Bertz CT molecular complexity index is 282. The monoisotopic (exact) mass is 271 g/mol. The van der Waals surface area contributed by atoms with Gasteiger partial charge in [0.25, 0.3) is 0 Å². The van der Waals surface area contributed by atoms with Gasteiger partial charge in [-0.05, 0) is 33.6 Å². The van der Waals surface area contributed by atoms with Crippen LogP contribution in [0.3, 0.4) is 0 Å². The second-order valence-electron chi connectivity index (χ2n) is 7.44. The van der Waals surface area contributed by atoms with E-state index in [2.05, 4.69) is 46.9 Å². The number of carbonyl (C=O) groups is 1. The highest BCUT2D eigenvalue weighted by Crippen LogP contribution is 2.29. The molecular weight excluding hydrogens is 238 g/mol. The highest BCUT2D eigenvalue weighted by Gasteiger charge is 2.30. The molecule has 0 rings (SSSR count). The zero-order valence-electron chi connectivity index (χ0n) is 14.1. The van der Waals surface area contributed by atoms with Crippen molar-refractivity contribution in [1.82, 2.24) is 5.32 Å². The van der Waals surface area contributed by atoms with E-state index in [0.29, 0.717) is 12.6 Å². The third-order valence-electron chi connectivity index (χ3n) is 3.25. The lowest BCUT2D eigenvalue weighted by molar-refractivity contribution is -0.150. The molecule has 0 spiro atoms. The summed E-state index contributed by atoms with van der Waals surface area (Å²) in [5.41, 5.74) is 0.0255. The van der Waals surface area contributed by atoms with Crippen LogP contribution in [0, 0.1) is 11.3 Å². The fourth-order valence-electron chi connectivity index (χ4n) is 2.50. The number of esters is 1. The maximum atomic E-state index is 11.5. The minimum absolute atomic E-state index is 0.0193. The highest BCUT2D eigenvalue weighted by molar-refractivity contribution is 5.71. The van der Waals surface area contributed by atoms with Crippen LogP contribution in [0.4, 0.5) is 0 Å². The lowest BCUT2D eigenvalue weighted by Crippen LogP contribution is -2.48. The van der Waals surface area contributed by atoms with Gasteiger partial charge in [0.2, 0.25) is 0 Å². The van der Waals surface area contributed by atoms with Gasteiger partial charge in [-0.15, -0.1) is 0 Å². The van der Waals surface area contributed by atoms with Gasteiger partial charge in [0, 0.05) is 17.0 Å². The van der Waals surface area contributed by atoms with Gasteiger partial charge in [0.15, 0.2) is 0 Å². The van der Waals surface area contributed by atoms with Crippen molar-refractivity contribution in [3.8, 4) is 0 Å². The van der Waals surface area contributed by atoms with Crippen LogP contribution in [0.2, 0.25) is 0 Å². The Morgan fingerprint density at radius 3 is 2.11 bits per heavy atom. The number of rotatable bonds is 8. The molecule has 0 saturated heterocycles. The van der Waals surface area contributed by atoms with E-state index in [9.17, 15) is 4.79 Å². The number of ether oxygens (including phenoxy) is 1. The quantitative estimate of drug-likeness (QED) is 0.683. The molecule has 0 heterocycles. The molecule has 0 saturated carbocycles. The summed E-state index contributed by atoms with van der Waals surface area (Å²) in [7, 11) is 0. The van der Waals surface area contributed by atoms with E-state index in [1.165, 1.54) is 0 Å². The summed E-state index contributed by atoms with van der Waals surface area (Å²) >= 11 is 0. The molecule has 1 unspecified atom stereocenters. The van der Waals surface area contributed by atoms with Crippen LogP contribution < -0.4 is 5.32 Å². The van der Waals surface area contributed by atoms with Gasteiger partial charge in [-0.25, -0.2) is 0 Å². The van der Waals surface area contributed by atoms with E-state index in [1.54, 1.807) is 0 Å². The standard InChI is InChI=1S/C16H33NO2/c1-9-13(4)17-16(7,8)10-15(5,6)11-19-14(18)12(2)3/h12-13,17H,9-11H2,1-8H3. The van der Waals surface area contributed by atoms with Crippen molar-refractivity contribution in [2.75, 3.05) is 6.61 Å². The second kappa shape index (κ2) is 7.28. The molecule has 1 atom stereocenters. The highest BCUT2D eigenvalue weighted by atomic mass is 16.5. The Labute approximate surface area is 119 Å². The van der Waals surface area contributed by atoms with Crippen molar-refractivity contribution in [1.29, 1.82) is 0 Å². The topological polar surface area (TPSA) is 38.3 Å². The average molecular weight is 271 g/mol. The average Bonchev–Trinajstić information content (AvgIpc) is 2.23. The first-order valence-corrected chi connectivity index (χ1v) is 7.43. The number of hydrogen-bond acceptors (Lipinski definition) is 3. The van der Waals surface area contributed by atoms with E-state index in [1.807, 2.05) is 13.8 Å². The molecule has 0 radical (unpaired) electrons. The van der Waals surface area contributed by atoms with Gasteiger partial charge in [0.1, 0.15) is 0 Å². The van der Waals surface area contributed by atoms with Crippen LogP contribution in [0.15, 0.2) is 0 Å². The van der Waals surface area contributed by atoms with Crippen LogP contribution in [0.5, 0.6) is 0 Å². The lowest BCUT2D eigenvalue weighted by Gasteiger charge is -2.37. The van der Waals surface area contributed by atoms with Crippen LogP contribution in [-0.2, 0) is 9.53 Å². The van der Waals surface area contributed by atoms with E-state index < -0.39 is 0 Å². The van der Waals surface area contributed by atoms with E-state index >= 15 is 0 Å². The van der Waals surface area contributed by atoms with Crippen LogP contribution in [-0.4, -0.2) is 24.2 Å². The summed E-state index contributed by atoms with van der Waals surface area (Å²) in [6, 6.07) is 0.504. The molecule has 0 aliphatic heterocycles. The fourth-order valence-corrected chi connectivity index (χ4v) is 2.50. The molecule has 0 fully saturated rings. The molecule has 0 amide bonds. The van der Waals surface area contributed by atoms with Crippen LogP contribution in [0.25, 0.3) is 0 Å². The maximum absolute atomic E-state index is 11.5. The Balaban J connectivity index is 4.37. The Morgan fingerprint density at radius 2 is 1.68 bits per heavy atom. The van der Waals surface area contributed by atoms with Crippen molar-refractivity contribution >= 4 is 5.97 Å². The third kappa shape index (κ3) is 8.25. The SMILES string of the molecule is CCC(C)NC(C)(C)CC(C)(C)COC(=O)C(C)C. The summed E-state index contributed by atoms with van der Waals surface area (Å²) in [6.07, 6.45) is 2.09. The minimum atomic E-state index is -0.110. The van der Waals surface area contributed by atoms with Gasteiger partial charge in [0.05, 0.1) is 12.5 Å². The first-order chi connectivity index (χ1) is 8.49. The van der Waals surface area contributed by atoms with Crippen molar-refractivity contribution in [3.63, 3.8) is 0 Å². The molecule has 0 aliphatic rings. The van der Waals surface area contributed by atoms with Gasteiger partial charge < -0.3 is 10.1 Å². The smallest absolute Gasteiger partial charge is 0.308 e. The van der Waals surface area contributed by atoms with Crippen molar-refractivity contribution in [2.45, 2.75) is 79.8 Å². The second-order valence-corrected chi connectivity index (χ2v) is 7.44. The molecule has 0 bridgehead atoms. The first-order valence-electron chi connectivity index (χ1n) is 7.43. The van der Waals surface area contributed by atoms with Crippen LogP contribution >= 0.6 is 0 Å². The molecule has 0 aromatic carbocycles. The largest absolute Gasteiger partial charge is 0.465 e. The number of carbonyl (C=O) groups excluding carboxylic acids is 1. The predicted molar refractivity (Wildman–Crippen MR) is 81.2 cm³/mol. The van der Waals surface area contributed by atoms with Gasteiger partial charge in [-0.1, -0.05) is 34.6 Å².